The highest BCUT2D eigenvalue weighted by molar-refractivity contribution is 7.90. The molecular formula is C8H17NO5S. The van der Waals surface area contributed by atoms with E-state index in [2.05, 4.69) is 5.32 Å². The molecule has 0 fully saturated rings. The normalized spacial score (nSPS) is 15.9. The standard InChI is InChI=1S/C8H17NO5S/c1-6(5-15(2,13)14)9-4-7(10)3-8(11)12/h6-7,9-10H,3-5H2,1-2H3,(H,11,12). The van der Waals surface area contributed by atoms with E-state index in [-0.39, 0.29) is 24.8 Å². The summed E-state index contributed by atoms with van der Waals surface area (Å²) in [6.45, 7) is 1.73. The molecule has 7 heteroatoms. The molecule has 2 atom stereocenters. The first kappa shape index (κ1) is 14.3. The van der Waals surface area contributed by atoms with E-state index in [1.807, 2.05) is 0 Å². The number of carboxylic acid groups (broad SMARTS) is 1. The molecule has 6 nitrogen and oxygen atoms in total. The smallest absolute Gasteiger partial charge is 0.306 e. The quantitative estimate of drug-likeness (QED) is 0.518. The zero-order valence-corrected chi connectivity index (χ0v) is 9.62. The van der Waals surface area contributed by atoms with E-state index in [1.54, 1.807) is 6.92 Å². The molecule has 15 heavy (non-hydrogen) atoms. The largest absolute Gasteiger partial charge is 0.481 e. The highest BCUT2D eigenvalue weighted by atomic mass is 32.2. The van der Waals surface area contributed by atoms with Gasteiger partial charge in [-0.3, -0.25) is 4.79 Å². The van der Waals surface area contributed by atoms with Crippen molar-refractivity contribution in [1.82, 2.24) is 5.32 Å². The van der Waals surface area contributed by atoms with Crippen LogP contribution in [0.25, 0.3) is 0 Å². The zero-order chi connectivity index (χ0) is 12.1. The molecule has 90 valence electrons. The van der Waals surface area contributed by atoms with Crippen molar-refractivity contribution >= 4 is 15.8 Å². The van der Waals surface area contributed by atoms with Crippen molar-refractivity contribution in [3.63, 3.8) is 0 Å². The van der Waals surface area contributed by atoms with Crippen LogP contribution < -0.4 is 5.32 Å². The molecular weight excluding hydrogens is 222 g/mol. The molecule has 0 heterocycles. The summed E-state index contributed by atoms with van der Waals surface area (Å²) in [5, 5.41) is 20.3. The summed E-state index contributed by atoms with van der Waals surface area (Å²) in [7, 11) is -3.05. The van der Waals surface area contributed by atoms with Gasteiger partial charge in [0.05, 0.1) is 18.3 Å². The highest BCUT2D eigenvalue weighted by Crippen LogP contribution is 1.93. The SMILES string of the molecule is CC(CS(C)(=O)=O)NCC(O)CC(=O)O. The van der Waals surface area contributed by atoms with Crippen molar-refractivity contribution in [2.45, 2.75) is 25.5 Å². The van der Waals surface area contributed by atoms with Crippen molar-refractivity contribution in [2.24, 2.45) is 0 Å². The van der Waals surface area contributed by atoms with Crippen LogP contribution >= 0.6 is 0 Å². The maximum absolute atomic E-state index is 10.9. The zero-order valence-electron chi connectivity index (χ0n) is 8.80. The van der Waals surface area contributed by atoms with Gasteiger partial charge >= 0.3 is 5.97 Å². The van der Waals surface area contributed by atoms with Crippen LogP contribution in [0, 0.1) is 0 Å². The number of carboxylic acids is 1. The second-order valence-corrected chi connectivity index (χ2v) is 5.84. The van der Waals surface area contributed by atoms with E-state index < -0.39 is 21.9 Å². The van der Waals surface area contributed by atoms with E-state index in [4.69, 9.17) is 5.11 Å². The van der Waals surface area contributed by atoms with Gasteiger partial charge in [-0.05, 0) is 6.92 Å². The molecule has 3 N–H and O–H groups in total. The van der Waals surface area contributed by atoms with E-state index in [1.165, 1.54) is 0 Å². The minimum Gasteiger partial charge on any atom is -0.481 e. The first-order valence-electron chi connectivity index (χ1n) is 4.51. The van der Waals surface area contributed by atoms with Gasteiger partial charge in [-0.1, -0.05) is 0 Å². The second-order valence-electron chi connectivity index (χ2n) is 3.65. The molecule has 0 aliphatic rings. The van der Waals surface area contributed by atoms with Gasteiger partial charge in [0.2, 0.25) is 0 Å². The van der Waals surface area contributed by atoms with Gasteiger partial charge in [0.1, 0.15) is 9.84 Å². The van der Waals surface area contributed by atoms with Crippen LogP contribution in [0.4, 0.5) is 0 Å². The molecule has 0 rings (SSSR count). The Labute approximate surface area is 89.2 Å². The molecule has 0 aliphatic heterocycles. The molecule has 0 saturated carbocycles. The lowest BCUT2D eigenvalue weighted by atomic mass is 10.2. The Morgan fingerprint density at radius 2 is 2.00 bits per heavy atom. The number of rotatable bonds is 7. The molecule has 0 aromatic heterocycles. The summed E-state index contributed by atoms with van der Waals surface area (Å²) < 4.78 is 21.7. The van der Waals surface area contributed by atoms with Gasteiger partial charge in [0.25, 0.3) is 0 Å². The van der Waals surface area contributed by atoms with Gasteiger partial charge < -0.3 is 15.5 Å². The van der Waals surface area contributed by atoms with Gasteiger partial charge in [-0.25, -0.2) is 8.42 Å². The number of hydrogen-bond donors (Lipinski definition) is 3. The Morgan fingerprint density at radius 1 is 1.47 bits per heavy atom. The average molecular weight is 239 g/mol. The summed E-state index contributed by atoms with van der Waals surface area (Å²) in [5.74, 6) is -1.12. The van der Waals surface area contributed by atoms with Crippen LogP contribution in [0.15, 0.2) is 0 Å². The number of carbonyl (C=O) groups is 1. The Balaban J connectivity index is 3.80. The third-order valence-electron chi connectivity index (χ3n) is 1.66. The van der Waals surface area contributed by atoms with Crippen LogP contribution in [0.1, 0.15) is 13.3 Å². The van der Waals surface area contributed by atoms with Crippen molar-refractivity contribution in [1.29, 1.82) is 0 Å². The van der Waals surface area contributed by atoms with Crippen LogP contribution in [0.3, 0.4) is 0 Å². The summed E-state index contributed by atoms with van der Waals surface area (Å²) in [6.07, 6.45) is -0.221. The first-order valence-corrected chi connectivity index (χ1v) is 6.57. The minimum atomic E-state index is -3.05. The summed E-state index contributed by atoms with van der Waals surface area (Å²) in [6, 6.07) is -0.302. The number of sulfone groups is 1. The molecule has 2 unspecified atom stereocenters. The Bertz CT molecular complexity index is 300. The van der Waals surface area contributed by atoms with E-state index in [9.17, 15) is 18.3 Å². The first-order chi connectivity index (χ1) is 6.70. The molecule has 0 radical (unpaired) electrons. The Kier molecular flexibility index (Phi) is 5.77. The predicted molar refractivity (Wildman–Crippen MR) is 55.4 cm³/mol. The fourth-order valence-corrected chi connectivity index (χ4v) is 2.15. The lowest BCUT2D eigenvalue weighted by Crippen LogP contribution is -2.38. The fourth-order valence-electron chi connectivity index (χ4n) is 1.12. The molecule has 0 amide bonds. The Morgan fingerprint density at radius 3 is 2.40 bits per heavy atom. The molecule has 0 aromatic carbocycles. The lowest BCUT2D eigenvalue weighted by Gasteiger charge is -2.15. The highest BCUT2D eigenvalue weighted by Gasteiger charge is 2.13. The third kappa shape index (κ3) is 9.64. The minimum absolute atomic E-state index is 0.0349. The maximum atomic E-state index is 10.9. The number of aliphatic hydroxyl groups excluding tert-OH is 1. The molecule has 0 bridgehead atoms. The molecule has 0 saturated heterocycles. The monoisotopic (exact) mass is 239 g/mol. The van der Waals surface area contributed by atoms with Crippen LogP contribution in [-0.2, 0) is 14.6 Å². The number of hydrogen-bond acceptors (Lipinski definition) is 5. The van der Waals surface area contributed by atoms with Crippen molar-refractivity contribution in [3.05, 3.63) is 0 Å². The molecule has 0 aliphatic carbocycles. The molecule has 0 spiro atoms. The fraction of sp³-hybridized carbons (Fsp3) is 0.875. The van der Waals surface area contributed by atoms with E-state index in [0.29, 0.717) is 0 Å². The van der Waals surface area contributed by atoms with Gasteiger partial charge in [-0.2, -0.15) is 0 Å². The van der Waals surface area contributed by atoms with Gasteiger partial charge in [0, 0.05) is 18.8 Å². The average Bonchev–Trinajstić information content (AvgIpc) is 1.96. The molecule has 0 aromatic rings. The lowest BCUT2D eigenvalue weighted by molar-refractivity contribution is -0.139. The van der Waals surface area contributed by atoms with Gasteiger partial charge in [-0.15, -0.1) is 0 Å². The maximum Gasteiger partial charge on any atom is 0.306 e. The van der Waals surface area contributed by atoms with Gasteiger partial charge in [0.15, 0.2) is 0 Å². The second kappa shape index (κ2) is 6.04. The van der Waals surface area contributed by atoms with Crippen LogP contribution in [0.2, 0.25) is 0 Å². The van der Waals surface area contributed by atoms with Crippen LogP contribution in [-0.4, -0.2) is 55.3 Å². The summed E-state index contributed by atoms with van der Waals surface area (Å²) in [4.78, 5) is 10.2. The number of nitrogens with one attached hydrogen (secondary N) is 1. The summed E-state index contributed by atoms with van der Waals surface area (Å²) >= 11 is 0. The number of aliphatic carboxylic acids is 1. The van der Waals surface area contributed by atoms with Crippen LogP contribution in [0.5, 0.6) is 0 Å². The van der Waals surface area contributed by atoms with Crippen molar-refractivity contribution in [3.8, 4) is 0 Å². The van der Waals surface area contributed by atoms with E-state index in [0.717, 1.165) is 6.26 Å². The van der Waals surface area contributed by atoms with Crippen molar-refractivity contribution < 1.29 is 23.4 Å². The third-order valence-corrected chi connectivity index (χ3v) is 2.77. The van der Waals surface area contributed by atoms with E-state index >= 15 is 0 Å². The number of aliphatic hydroxyl groups is 1. The predicted octanol–water partition coefficient (Wildman–Crippen LogP) is -1.16. The topological polar surface area (TPSA) is 104 Å². The van der Waals surface area contributed by atoms with Crippen molar-refractivity contribution in [2.75, 3.05) is 18.6 Å². The summed E-state index contributed by atoms with van der Waals surface area (Å²) in [5.41, 5.74) is 0. The Hall–Kier alpha value is -0.660.